The van der Waals surface area contributed by atoms with Gasteiger partial charge in [-0.3, -0.25) is 4.79 Å². The summed E-state index contributed by atoms with van der Waals surface area (Å²) in [4.78, 5) is 11.2. The number of carboxylic acids is 1. The van der Waals surface area contributed by atoms with Gasteiger partial charge in [0.1, 0.15) is 10.6 Å². The van der Waals surface area contributed by atoms with Gasteiger partial charge in [-0.1, -0.05) is 5.16 Å². The zero-order valence-corrected chi connectivity index (χ0v) is 11.8. The maximum absolute atomic E-state index is 12.5. The van der Waals surface area contributed by atoms with Crippen molar-refractivity contribution in [1.29, 1.82) is 0 Å². The lowest BCUT2D eigenvalue weighted by atomic mass is 9.90. The van der Waals surface area contributed by atoms with Gasteiger partial charge in [0.25, 0.3) is 0 Å². The largest absolute Gasteiger partial charge is 0.481 e. The fourth-order valence-electron chi connectivity index (χ4n) is 2.27. The summed E-state index contributed by atoms with van der Waals surface area (Å²) < 4.78 is 31.0. The van der Waals surface area contributed by atoms with E-state index in [1.165, 1.54) is 11.2 Å². The van der Waals surface area contributed by atoms with Crippen LogP contribution in [0.3, 0.4) is 0 Å². The lowest BCUT2D eigenvalue weighted by molar-refractivity contribution is -0.146. The minimum atomic E-state index is -3.75. The van der Waals surface area contributed by atoms with Crippen molar-refractivity contribution in [3.63, 3.8) is 0 Å². The van der Waals surface area contributed by atoms with Crippen LogP contribution >= 0.6 is 0 Å². The number of nitrogens with zero attached hydrogens (tertiary/aromatic N) is 2. The number of carbonyl (C=O) groups is 1. The van der Waals surface area contributed by atoms with Crippen LogP contribution in [-0.4, -0.2) is 42.0 Å². The molecule has 1 aromatic heterocycles. The average Bonchev–Trinajstić information content (AvgIpc) is 2.84. The quantitative estimate of drug-likeness (QED) is 0.882. The van der Waals surface area contributed by atoms with Gasteiger partial charge >= 0.3 is 5.97 Å². The molecule has 8 heteroatoms. The molecule has 0 spiro atoms. The highest BCUT2D eigenvalue weighted by Crippen LogP contribution is 2.35. The van der Waals surface area contributed by atoms with E-state index in [1.807, 2.05) is 0 Å². The van der Waals surface area contributed by atoms with Gasteiger partial charge in [0.15, 0.2) is 5.76 Å². The zero-order chi connectivity index (χ0) is 14.4. The number of sulfonamides is 1. The highest BCUT2D eigenvalue weighted by Gasteiger charge is 2.46. The Morgan fingerprint density at radius 2 is 2.11 bits per heavy atom. The molecule has 0 aliphatic carbocycles. The van der Waals surface area contributed by atoms with Crippen LogP contribution in [0.4, 0.5) is 0 Å². The molecule has 1 unspecified atom stereocenters. The van der Waals surface area contributed by atoms with E-state index >= 15 is 0 Å². The van der Waals surface area contributed by atoms with Gasteiger partial charge in [0, 0.05) is 13.1 Å². The Balaban J connectivity index is 2.36. The monoisotopic (exact) mass is 288 g/mol. The van der Waals surface area contributed by atoms with E-state index in [0.717, 1.165) is 0 Å². The third-order valence-corrected chi connectivity index (χ3v) is 5.61. The Morgan fingerprint density at radius 1 is 1.47 bits per heavy atom. The summed E-state index contributed by atoms with van der Waals surface area (Å²) in [5, 5.41) is 12.8. The van der Waals surface area contributed by atoms with Crippen LogP contribution in [0.1, 0.15) is 24.8 Å². The van der Waals surface area contributed by atoms with Gasteiger partial charge in [-0.25, -0.2) is 8.42 Å². The van der Waals surface area contributed by atoms with E-state index in [2.05, 4.69) is 5.16 Å². The van der Waals surface area contributed by atoms with Crippen molar-refractivity contribution in [2.45, 2.75) is 32.1 Å². The molecule has 2 heterocycles. The summed E-state index contributed by atoms with van der Waals surface area (Å²) in [5.74, 6) is -0.759. The molecule has 7 nitrogen and oxygen atoms in total. The lowest BCUT2D eigenvalue weighted by Crippen LogP contribution is -2.35. The molecule has 0 amide bonds. The van der Waals surface area contributed by atoms with Gasteiger partial charge in [-0.15, -0.1) is 0 Å². The molecule has 106 valence electrons. The van der Waals surface area contributed by atoms with Crippen molar-refractivity contribution in [3.05, 3.63) is 11.5 Å². The minimum absolute atomic E-state index is 0.0330. The second kappa shape index (κ2) is 4.31. The lowest BCUT2D eigenvalue weighted by Gasteiger charge is -2.19. The van der Waals surface area contributed by atoms with E-state index < -0.39 is 21.4 Å². The van der Waals surface area contributed by atoms with E-state index in [-0.39, 0.29) is 23.7 Å². The molecule has 0 radical (unpaired) electrons. The number of hydrogen-bond acceptors (Lipinski definition) is 5. The second-order valence-corrected chi connectivity index (χ2v) is 6.98. The van der Waals surface area contributed by atoms with Gasteiger partial charge in [-0.2, -0.15) is 4.31 Å². The number of aliphatic carboxylic acids is 1. The normalized spacial score (nSPS) is 24.8. The van der Waals surface area contributed by atoms with Gasteiger partial charge in [0.05, 0.1) is 5.41 Å². The molecule has 1 fully saturated rings. The van der Waals surface area contributed by atoms with Crippen LogP contribution in [-0.2, 0) is 14.8 Å². The van der Waals surface area contributed by atoms with E-state index in [0.29, 0.717) is 12.1 Å². The van der Waals surface area contributed by atoms with Gasteiger partial charge in [0.2, 0.25) is 10.0 Å². The first-order valence-electron chi connectivity index (χ1n) is 5.85. The van der Waals surface area contributed by atoms with Crippen LogP contribution in [0.5, 0.6) is 0 Å². The average molecular weight is 288 g/mol. The van der Waals surface area contributed by atoms with Crippen molar-refractivity contribution in [2.75, 3.05) is 13.1 Å². The highest BCUT2D eigenvalue weighted by atomic mass is 32.2. The summed E-state index contributed by atoms with van der Waals surface area (Å²) in [6.07, 6.45) is 0.297. The molecule has 1 aliphatic rings. The van der Waals surface area contributed by atoms with Crippen molar-refractivity contribution >= 4 is 16.0 Å². The number of rotatable bonds is 3. The maximum Gasteiger partial charge on any atom is 0.310 e. The molecular weight excluding hydrogens is 272 g/mol. The minimum Gasteiger partial charge on any atom is -0.481 e. The molecule has 1 saturated heterocycles. The van der Waals surface area contributed by atoms with Crippen LogP contribution in [0, 0.1) is 19.3 Å². The number of aryl methyl sites for hydroxylation is 2. The molecule has 2 rings (SSSR count). The Labute approximate surface area is 111 Å². The topological polar surface area (TPSA) is 101 Å². The summed E-state index contributed by atoms with van der Waals surface area (Å²) in [7, 11) is -3.75. The first kappa shape index (κ1) is 14.0. The first-order chi connectivity index (χ1) is 8.68. The third-order valence-electron chi connectivity index (χ3n) is 3.52. The molecule has 0 aromatic carbocycles. The summed E-state index contributed by atoms with van der Waals surface area (Å²) in [6.45, 7) is 4.79. The summed E-state index contributed by atoms with van der Waals surface area (Å²) in [6, 6.07) is 0. The van der Waals surface area contributed by atoms with Crippen LogP contribution in [0.25, 0.3) is 0 Å². The predicted molar refractivity (Wildman–Crippen MR) is 65.1 cm³/mol. The third kappa shape index (κ3) is 2.14. The second-order valence-electron chi connectivity index (χ2n) is 5.11. The van der Waals surface area contributed by atoms with E-state index in [9.17, 15) is 13.2 Å². The van der Waals surface area contributed by atoms with Crippen LogP contribution in [0.2, 0.25) is 0 Å². The van der Waals surface area contributed by atoms with Gasteiger partial charge < -0.3 is 9.63 Å². The molecule has 1 atom stereocenters. The van der Waals surface area contributed by atoms with Crippen molar-refractivity contribution < 1.29 is 22.8 Å². The molecular formula is C11H16N2O5S. The first-order valence-corrected chi connectivity index (χ1v) is 7.29. The SMILES string of the molecule is Cc1noc(C)c1S(=O)(=O)N1CCC(C)(C(=O)O)C1. The molecule has 0 bridgehead atoms. The molecule has 1 aliphatic heterocycles. The number of aromatic nitrogens is 1. The Kier molecular flexibility index (Phi) is 3.18. The van der Waals surface area contributed by atoms with Crippen LogP contribution < -0.4 is 0 Å². The van der Waals surface area contributed by atoms with Crippen molar-refractivity contribution in [2.24, 2.45) is 5.41 Å². The van der Waals surface area contributed by atoms with Crippen molar-refractivity contribution in [3.8, 4) is 0 Å². The maximum atomic E-state index is 12.5. The zero-order valence-electron chi connectivity index (χ0n) is 11.0. The van der Waals surface area contributed by atoms with E-state index in [4.69, 9.17) is 9.63 Å². The Bertz CT molecular complexity index is 602. The predicted octanol–water partition coefficient (Wildman–Crippen LogP) is 0.777. The summed E-state index contributed by atoms with van der Waals surface area (Å²) in [5.41, 5.74) is -0.743. The molecule has 0 saturated carbocycles. The fourth-order valence-corrected chi connectivity index (χ4v) is 4.13. The van der Waals surface area contributed by atoms with E-state index in [1.54, 1.807) is 13.8 Å². The standard InChI is InChI=1S/C11H16N2O5S/c1-7-9(8(2)18-12-7)19(16,17)13-5-4-11(3,6-13)10(14)15/h4-6H2,1-3H3,(H,14,15). The van der Waals surface area contributed by atoms with Crippen molar-refractivity contribution in [1.82, 2.24) is 9.46 Å². The molecule has 19 heavy (non-hydrogen) atoms. The van der Waals surface area contributed by atoms with Crippen LogP contribution in [0.15, 0.2) is 9.42 Å². The number of carboxylic acid groups (broad SMARTS) is 1. The smallest absolute Gasteiger partial charge is 0.310 e. The fraction of sp³-hybridized carbons (Fsp3) is 0.636. The van der Waals surface area contributed by atoms with Gasteiger partial charge in [-0.05, 0) is 27.2 Å². The Hall–Kier alpha value is -1.41. The summed E-state index contributed by atoms with van der Waals surface area (Å²) >= 11 is 0. The highest BCUT2D eigenvalue weighted by molar-refractivity contribution is 7.89. The molecule has 1 N–H and O–H groups in total. The Morgan fingerprint density at radius 3 is 2.53 bits per heavy atom. The number of hydrogen-bond donors (Lipinski definition) is 1. The molecule has 1 aromatic rings.